The summed E-state index contributed by atoms with van der Waals surface area (Å²) in [4.78, 5) is 21.4. The van der Waals surface area contributed by atoms with Crippen molar-refractivity contribution in [2.45, 2.75) is 23.8 Å². The number of sulfonamides is 1. The van der Waals surface area contributed by atoms with E-state index in [1.165, 1.54) is 0 Å². The fraction of sp³-hybridized carbons (Fsp3) is 0.400. The van der Waals surface area contributed by atoms with Crippen molar-refractivity contribution in [2.75, 3.05) is 6.54 Å². The van der Waals surface area contributed by atoms with Gasteiger partial charge in [0.2, 0.25) is 21.7 Å². The van der Waals surface area contributed by atoms with E-state index in [2.05, 4.69) is 26.0 Å². The Morgan fingerprint density at radius 3 is 2.80 bits per heavy atom. The van der Waals surface area contributed by atoms with E-state index in [0.29, 0.717) is 12.8 Å². The summed E-state index contributed by atoms with van der Waals surface area (Å²) in [5.41, 5.74) is 0. The first-order valence-corrected chi connectivity index (χ1v) is 7.89. The van der Waals surface area contributed by atoms with E-state index in [4.69, 9.17) is 9.52 Å². The highest BCUT2D eigenvalue weighted by molar-refractivity contribution is 9.10. The fourth-order valence-corrected chi connectivity index (χ4v) is 3.78. The second-order valence-corrected chi connectivity index (χ2v) is 6.66. The first kappa shape index (κ1) is 15.0. The number of amides is 1. The van der Waals surface area contributed by atoms with E-state index >= 15 is 0 Å². The number of carbonyl (C=O) groups excluding carboxylic acids is 1. The molecular formula is C10H11BrN2O6S. The third-order valence-electron chi connectivity index (χ3n) is 2.76. The van der Waals surface area contributed by atoms with E-state index < -0.39 is 21.8 Å². The Balaban J connectivity index is 2.10. The van der Waals surface area contributed by atoms with Crippen LogP contribution in [0, 0.1) is 0 Å². The van der Waals surface area contributed by atoms with Crippen molar-refractivity contribution >= 4 is 37.8 Å². The average Bonchev–Trinajstić information content (AvgIpc) is 2.93. The molecule has 1 aromatic rings. The van der Waals surface area contributed by atoms with Gasteiger partial charge in [-0.25, -0.2) is 17.9 Å². The Morgan fingerprint density at radius 1 is 1.60 bits per heavy atom. The van der Waals surface area contributed by atoms with E-state index in [-0.39, 0.29) is 28.1 Å². The molecule has 2 rings (SSSR count). The predicted molar refractivity (Wildman–Crippen MR) is 69.7 cm³/mol. The number of furan rings is 1. The lowest BCUT2D eigenvalue weighted by molar-refractivity contribution is -0.119. The number of rotatable bonds is 5. The lowest BCUT2D eigenvalue weighted by Crippen LogP contribution is -2.38. The molecule has 1 aliphatic rings. The summed E-state index contributed by atoms with van der Waals surface area (Å²) in [5.74, 6) is -1.96. The Bertz CT molecular complexity index is 653. The SMILES string of the molecule is O=C1CCC(CNS(=O)(=O)c2cc(C(=O)O)oc2Br)N1. The van der Waals surface area contributed by atoms with Gasteiger partial charge in [-0.15, -0.1) is 0 Å². The van der Waals surface area contributed by atoms with Gasteiger partial charge in [-0.3, -0.25) is 4.79 Å². The molecule has 0 radical (unpaired) electrons. The first-order chi connectivity index (χ1) is 9.29. The first-order valence-electron chi connectivity index (χ1n) is 5.61. The molecule has 0 aromatic carbocycles. The molecule has 0 spiro atoms. The van der Waals surface area contributed by atoms with Crippen LogP contribution in [0.2, 0.25) is 0 Å². The van der Waals surface area contributed by atoms with E-state index in [1.54, 1.807) is 0 Å². The molecule has 1 saturated heterocycles. The van der Waals surface area contributed by atoms with Gasteiger partial charge in [0.25, 0.3) is 0 Å². The molecule has 10 heteroatoms. The van der Waals surface area contributed by atoms with Crippen LogP contribution < -0.4 is 10.0 Å². The van der Waals surface area contributed by atoms with Crippen molar-refractivity contribution in [2.24, 2.45) is 0 Å². The van der Waals surface area contributed by atoms with Crippen molar-refractivity contribution < 1.29 is 27.5 Å². The second-order valence-electron chi connectivity index (χ2n) is 4.21. The maximum atomic E-state index is 12.0. The van der Waals surface area contributed by atoms with Crippen LogP contribution in [0.15, 0.2) is 20.0 Å². The zero-order valence-electron chi connectivity index (χ0n) is 10.1. The summed E-state index contributed by atoms with van der Waals surface area (Å²) in [6.45, 7) is 0.0358. The molecule has 1 unspecified atom stereocenters. The summed E-state index contributed by atoms with van der Waals surface area (Å²) in [6, 6.07) is 0.656. The van der Waals surface area contributed by atoms with Crippen LogP contribution in [-0.2, 0) is 14.8 Å². The lowest BCUT2D eigenvalue weighted by Gasteiger charge is -2.10. The van der Waals surface area contributed by atoms with Gasteiger partial charge in [-0.05, 0) is 22.4 Å². The maximum absolute atomic E-state index is 12.0. The second kappa shape index (κ2) is 5.54. The lowest BCUT2D eigenvalue weighted by atomic mass is 10.2. The maximum Gasteiger partial charge on any atom is 0.371 e. The molecule has 0 saturated carbocycles. The highest BCUT2D eigenvalue weighted by atomic mass is 79.9. The van der Waals surface area contributed by atoms with Crippen molar-refractivity contribution in [3.8, 4) is 0 Å². The Hall–Kier alpha value is -1.39. The number of halogens is 1. The highest BCUT2D eigenvalue weighted by Gasteiger charge is 2.27. The summed E-state index contributed by atoms with van der Waals surface area (Å²) >= 11 is 2.87. The van der Waals surface area contributed by atoms with Gasteiger partial charge in [-0.2, -0.15) is 0 Å². The van der Waals surface area contributed by atoms with Gasteiger partial charge in [0.05, 0.1) is 0 Å². The third kappa shape index (κ3) is 3.19. The number of hydrogen-bond acceptors (Lipinski definition) is 5. The van der Waals surface area contributed by atoms with Crippen LogP contribution in [0.25, 0.3) is 0 Å². The zero-order valence-corrected chi connectivity index (χ0v) is 12.5. The van der Waals surface area contributed by atoms with Crippen LogP contribution in [0.4, 0.5) is 0 Å². The van der Waals surface area contributed by atoms with Gasteiger partial charge in [0.15, 0.2) is 4.67 Å². The van der Waals surface area contributed by atoms with Crippen LogP contribution in [0.1, 0.15) is 23.4 Å². The van der Waals surface area contributed by atoms with Gasteiger partial charge in [0, 0.05) is 25.1 Å². The molecular weight excluding hydrogens is 356 g/mol. The van der Waals surface area contributed by atoms with Crippen LogP contribution >= 0.6 is 15.9 Å². The Labute approximate surface area is 122 Å². The van der Waals surface area contributed by atoms with Crippen molar-refractivity contribution in [1.82, 2.24) is 10.0 Å². The summed E-state index contributed by atoms with van der Waals surface area (Å²) in [5, 5.41) is 11.4. The molecule has 8 nitrogen and oxygen atoms in total. The fourth-order valence-electron chi connectivity index (χ4n) is 1.76. The molecule has 20 heavy (non-hydrogen) atoms. The third-order valence-corrected chi connectivity index (χ3v) is 5.04. The molecule has 3 N–H and O–H groups in total. The van der Waals surface area contributed by atoms with Gasteiger partial charge in [0.1, 0.15) is 4.90 Å². The number of carboxylic acid groups (broad SMARTS) is 1. The van der Waals surface area contributed by atoms with E-state index in [9.17, 15) is 18.0 Å². The van der Waals surface area contributed by atoms with Crippen LogP contribution in [0.3, 0.4) is 0 Å². The number of carbonyl (C=O) groups is 2. The van der Waals surface area contributed by atoms with Crippen molar-refractivity contribution in [1.29, 1.82) is 0 Å². The van der Waals surface area contributed by atoms with Gasteiger partial charge in [-0.1, -0.05) is 0 Å². The predicted octanol–water partition coefficient (Wildman–Crippen LogP) is 0.297. The minimum atomic E-state index is -3.91. The summed E-state index contributed by atoms with van der Waals surface area (Å²) in [6.07, 6.45) is 0.916. The molecule has 1 amide bonds. The highest BCUT2D eigenvalue weighted by Crippen LogP contribution is 2.26. The molecule has 2 heterocycles. The van der Waals surface area contributed by atoms with Crippen LogP contribution in [0.5, 0.6) is 0 Å². The molecule has 110 valence electrons. The zero-order chi connectivity index (χ0) is 14.9. The minimum Gasteiger partial charge on any atom is -0.475 e. The largest absolute Gasteiger partial charge is 0.475 e. The van der Waals surface area contributed by atoms with E-state index in [1.807, 2.05) is 0 Å². The smallest absolute Gasteiger partial charge is 0.371 e. The topological polar surface area (TPSA) is 126 Å². The molecule has 1 atom stereocenters. The standard InChI is InChI=1S/C10H11BrN2O6S/c11-9-7(3-6(19-9)10(15)16)20(17,18)12-4-5-1-2-8(14)13-5/h3,5,12H,1-2,4H2,(H,13,14)(H,15,16). The van der Waals surface area contributed by atoms with Crippen molar-refractivity contribution in [3.05, 3.63) is 16.5 Å². The normalized spacial score (nSPS) is 19.1. The molecule has 1 aromatic heterocycles. The summed E-state index contributed by atoms with van der Waals surface area (Å²) < 4.78 is 30.9. The Kier molecular flexibility index (Phi) is 4.16. The number of carboxylic acids is 1. The molecule has 0 aliphatic carbocycles. The number of nitrogens with one attached hydrogen (secondary N) is 2. The number of hydrogen-bond donors (Lipinski definition) is 3. The van der Waals surface area contributed by atoms with Gasteiger partial charge < -0.3 is 14.8 Å². The molecule has 1 aliphatic heterocycles. The average molecular weight is 367 g/mol. The number of aromatic carboxylic acids is 1. The quantitative estimate of drug-likeness (QED) is 0.687. The molecule has 0 bridgehead atoms. The monoisotopic (exact) mass is 366 g/mol. The minimum absolute atomic E-state index is 0.0358. The van der Waals surface area contributed by atoms with Crippen molar-refractivity contribution in [3.63, 3.8) is 0 Å². The van der Waals surface area contributed by atoms with Crippen LogP contribution in [-0.4, -0.2) is 38.0 Å². The van der Waals surface area contributed by atoms with E-state index in [0.717, 1.165) is 6.07 Å². The van der Waals surface area contributed by atoms with Gasteiger partial charge >= 0.3 is 5.97 Å². The summed E-state index contributed by atoms with van der Waals surface area (Å²) in [7, 11) is -3.91. The Morgan fingerprint density at radius 2 is 2.30 bits per heavy atom. The molecule has 1 fully saturated rings.